The van der Waals surface area contributed by atoms with Gasteiger partial charge in [-0.25, -0.2) is 4.98 Å². The highest BCUT2D eigenvalue weighted by molar-refractivity contribution is 5.28. The fraction of sp³-hybridized carbons (Fsp3) is 0.714. The normalized spacial score (nSPS) is 17.3. The van der Waals surface area contributed by atoms with E-state index in [1.54, 1.807) is 12.3 Å². The first-order valence-corrected chi connectivity index (χ1v) is 6.87. The summed E-state index contributed by atoms with van der Waals surface area (Å²) in [6.07, 6.45) is 7.10. The zero-order valence-electron chi connectivity index (χ0n) is 11.6. The van der Waals surface area contributed by atoms with Gasteiger partial charge in [0.2, 0.25) is 11.8 Å². The van der Waals surface area contributed by atoms with E-state index in [0.717, 1.165) is 6.54 Å². The summed E-state index contributed by atoms with van der Waals surface area (Å²) in [4.78, 5) is 8.60. The van der Waals surface area contributed by atoms with Gasteiger partial charge in [0.05, 0.1) is 6.10 Å². The Morgan fingerprint density at radius 3 is 2.78 bits per heavy atom. The van der Waals surface area contributed by atoms with Gasteiger partial charge in [0.15, 0.2) is 0 Å². The molecule has 0 saturated heterocycles. The molecule has 18 heavy (non-hydrogen) atoms. The molecule has 0 atom stereocenters. The largest absolute Gasteiger partial charge is 0.475 e. The highest BCUT2D eigenvalue weighted by Crippen LogP contribution is 2.43. The molecule has 1 N–H and O–H groups in total. The summed E-state index contributed by atoms with van der Waals surface area (Å²) in [5.41, 5.74) is 0.471. The van der Waals surface area contributed by atoms with Crippen LogP contribution in [0.5, 0.6) is 5.88 Å². The van der Waals surface area contributed by atoms with E-state index in [4.69, 9.17) is 4.74 Å². The second kappa shape index (κ2) is 5.55. The number of nitrogens with one attached hydrogen (secondary N) is 1. The Morgan fingerprint density at radius 1 is 1.44 bits per heavy atom. The summed E-state index contributed by atoms with van der Waals surface area (Å²) in [7, 11) is 0. The van der Waals surface area contributed by atoms with Gasteiger partial charge < -0.3 is 10.1 Å². The molecule has 1 saturated carbocycles. The molecule has 1 aliphatic carbocycles. The Kier molecular flexibility index (Phi) is 4.04. The standard InChI is InChI=1S/C14H23N3O/c1-4-14(7-5-8-14)10-16-13-15-9-6-12(17-13)18-11(2)3/h6,9,11H,4-5,7-8,10H2,1-3H3,(H,15,16,17). The number of aromatic nitrogens is 2. The first-order valence-electron chi connectivity index (χ1n) is 6.87. The van der Waals surface area contributed by atoms with E-state index in [1.165, 1.54) is 25.7 Å². The lowest BCUT2D eigenvalue weighted by molar-refractivity contribution is 0.144. The highest BCUT2D eigenvalue weighted by atomic mass is 16.5. The molecule has 2 rings (SSSR count). The molecule has 1 heterocycles. The quantitative estimate of drug-likeness (QED) is 0.840. The van der Waals surface area contributed by atoms with Gasteiger partial charge >= 0.3 is 0 Å². The van der Waals surface area contributed by atoms with Gasteiger partial charge in [-0.15, -0.1) is 0 Å². The molecule has 1 aromatic rings. The third kappa shape index (κ3) is 3.12. The summed E-state index contributed by atoms with van der Waals surface area (Å²) in [6, 6.07) is 1.80. The molecule has 1 aliphatic rings. The second-order valence-electron chi connectivity index (χ2n) is 5.45. The minimum absolute atomic E-state index is 0.140. The molecule has 1 fully saturated rings. The zero-order valence-corrected chi connectivity index (χ0v) is 11.6. The molecule has 0 amide bonds. The first kappa shape index (κ1) is 13.1. The molecular formula is C14H23N3O. The van der Waals surface area contributed by atoms with Crippen molar-refractivity contribution in [3.8, 4) is 5.88 Å². The van der Waals surface area contributed by atoms with Gasteiger partial charge in [0.1, 0.15) is 0 Å². The molecule has 4 heteroatoms. The number of nitrogens with zero attached hydrogens (tertiary/aromatic N) is 2. The molecule has 0 unspecified atom stereocenters. The third-order valence-corrected chi connectivity index (χ3v) is 3.77. The minimum atomic E-state index is 0.140. The molecule has 1 aromatic heterocycles. The van der Waals surface area contributed by atoms with Crippen LogP contribution < -0.4 is 10.1 Å². The van der Waals surface area contributed by atoms with Crippen molar-refractivity contribution in [3.63, 3.8) is 0 Å². The average molecular weight is 249 g/mol. The molecule has 4 nitrogen and oxygen atoms in total. The van der Waals surface area contributed by atoms with Crippen LogP contribution in [0.1, 0.15) is 46.5 Å². The van der Waals surface area contributed by atoms with E-state index in [9.17, 15) is 0 Å². The second-order valence-corrected chi connectivity index (χ2v) is 5.45. The van der Waals surface area contributed by atoms with Crippen LogP contribution in [-0.4, -0.2) is 22.6 Å². The molecule has 100 valence electrons. The topological polar surface area (TPSA) is 47.0 Å². The van der Waals surface area contributed by atoms with Gasteiger partial charge in [-0.1, -0.05) is 13.3 Å². The van der Waals surface area contributed by atoms with E-state index in [2.05, 4.69) is 22.2 Å². The Balaban J connectivity index is 1.92. The monoisotopic (exact) mass is 249 g/mol. The van der Waals surface area contributed by atoms with Crippen LogP contribution in [0, 0.1) is 5.41 Å². The van der Waals surface area contributed by atoms with Gasteiger partial charge in [-0.2, -0.15) is 4.98 Å². The van der Waals surface area contributed by atoms with E-state index < -0.39 is 0 Å². The minimum Gasteiger partial charge on any atom is -0.475 e. The van der Waals surface area contributed by atoms with Gasteiger partial charge in [0, 0.05) is 18.8 Å². The smallest absolute Gasteiger partial charge is 0.225 e. The van der Waals surface area contributed by atoms with E-state index in [0.29, 0.717) is 17.2 Å². The Morgan fingerprint density at radius 2 is 2.22 bits per heavy atom. The van der Waals surface area contributed by atoms with Crippen molar-refractivity contribution in [1.29, 1.82) is 0 Å². The molecule has 0 radical (unpaired) electrons. The fourth-order valence-electron chi connectivity index (χ4n) is 2.33. The van der Waals surface area contributed by atoms with Crippen molar-refractivity contribution in [2.45, 2.75) is 52.6 Å². The van der Waals surface area contributed by atoms with E-state index >= 15 is 0 Å². The number of hydrogen-bond acceptors (Lipinski definition) is 4. The molecular weight excluding hydrogens is 226 g/mol. The van der Waals surface area contributed by atoms with E-state index in [-0.39, 0.29) is 6.10 Å². The van der Waals surface area contributed by atoms with Crippen molar-refractivity contribution in [3.05, 3.63) is 12.3 Å². The predicted molar refractivity (Wildman–Crippen MR) is 72.9 cm³/mol. The maximum atomic E-state index is 5.56. The predicted octanol–water partition coefficient (Wildman–Crippen LogP) is 3.26. The summed E-state index contributed by atoms with van der Waals surface area (Å²) < 4.78 is 5.56. The maximum absolute atomic E-state index is 5.56. The number of anilines is 1. The molecule has 0 aromatic carbocycles. The number of rotatable bonds is 6. The SMILES string of the molecule is CCC1(CNc2nccc(OC(C)C)n2)CCC1. The van der Waals surface area contributed by atoms with Crippen LogP contribution in [0.15, 0.2) is 12.3 Å². The van der Waals surface area contributed by atoms with Gasteiger partial charge in [-0.05, 0) is 38.5 Å². The fourth-order valence-corrected chi connectivity index (χ4v) is 2.33. The number of ether oxygens (including phenoxy) is 1. The Hall–Kier alpha value is -1.32. The van der Waals surface area contributed by atoms with Gasteiger partial charge in [-0.3, -0.25) is 0 Å². The lowest BCUT2D eigenvalue weighted by Crippen LogP contribution is -2.36. The summed E-state index contributed by atoms with van der Waals surface area (Å²) in [5.74, 6) is 1.31. The van der Waals surface area contributed by atoms with Crippen LogP contribution in [-0.2, 0) is 0 Å². The summed E-state index contributed by atoms with van der Waals surface area (Å²) >= 11 is 0. The van der Waals surface area contributed by atoms with Crippen LogP contribution in [0.3, 0.4) is 0 Å². The Bertz CT molecular complexity index is 383. The molecule has 0 spiro atoms. The maximum Gasteiger partial charge on any atom is 0.225 e. The summed E-state index contributed by atoms with van der Waals surface area (Å²) in [6.45, 7) is 7.22. The van der Waals surface area contributed by atoms with Crippen LogP contribution in [0.4, 0.5) is 5.95 Å². The van der Waals surface area contributed by atoms with Crippen molar-refractivity contribution in [2.24, 2.45) is 5.41 Å². The Labute approximate surface area is 109 Å². The average Bonchev–Trinajstić information content (AvgIpc) is 2.28. The first-order chi connectivity index (χ1) is 8.63. The molecule has 0 aliphatic heterocycles. The molecule has 0 bridgehead atoms. The van der Waals surface area contributed by atoms with Crippen LogP contribution in [0.25, 0.3) is 0 Å². The number of hydrogen-bond donors (Lipinski definition) is 1. The van der Waals surface area contributed by atoms with Crippen LogP contribution in [0.2, 0.25) is 0 Å². The summed E-state index contributed by atoms with van der Waals surface area (Å²) in [5, 5.41) is 3.35. The van der Waals surface area contributed by atoms with Crippen LogP contribution >= 0.6 is 0 Å². The lowest BCUT2D eigenvalue weighted by Gasteiger charge is -2.41. The lowest BCUT2D eigenvalue weighted by atomic mass is 9.67. The third-order valence-electron chi connectivity index (χ3n) is 3.77. The van der Waals surface area contributed by atoms with Crippen molar-refractivity contribution in [1.82, 2.24) is 9.97 Å². The van der Waals surface area contributed by atoms with Crippen molar-refractivity contribution >= 4 is 5.95 Å². The van der Waals surface area contributed by atoms with Crippen molar-refractivity contribution < 1.29 is 4.74 Å². The van der Waals surface area contributed by atoms with E-state index in [1.807, 2.05) is 13.8 Å². The van der Waals surface area contributed by atoms with Crippen molar-refractivity contribution in [2.75, 3.05) is 11.9 Å². The zero-order chi connectivity index (χ0) is 13.0. The van der Waals surface area contributed by atoms with Gasteiger partial charge in [0.25, 0.3) is 0 Å². The highest BCUT2D eigenvalue weighted by Gasteiger charge is 2.34.